The molecule has 0 unspecified atom stereocenters. The highest BCUT2D eigenvalue weighted by Gasteiger charge is 2.27. The van der Waals surface area contributed by atoms with Crippen molar-refractivity contribution in [1.29, 1.82) is 0 Å². The van der Waals surface area contributed by atoms with Crippen LogP contribution in [0.15, 0.2) is 18.3 Å². The Kier molecular flexibility index (Phi) is 3.14. The van der Waals surface area contributed by atoms with Gasteiger partial charge in [-0.25, -0.2) is 0 Å². The van der Waals surface area contributed by atoms with Crippen molar-refractivity contribution in [3.05, 3.63) is 24.0 Å². The van der Waals surface area contributed by atoms with E-state index in [0.29, 0.717) is 18.8 Å². The summed E-state index contributed by atoms with van der Waals surface area (Å²) in [5.41, 5.74) is 0.392. The molecule has 2 atom stereocenters. The number of carbonyl (C=O) groups is 1. The minimum absolute atomic E-state index is 0.0735. The quantitative estimate of drug-likeness (QED) is 0.701. The third-order valence-electron chi connectivity index (χ3n) is 2.50. The van der Waals surface area contributed by atoms with Gasteiger partial charge in [-0.2, -0.15) is 5.10 Å². The summed E-state index contributed by atoms with van der Waals surface area (Å²) < 4.78 is 5.57. The summed E-state index contributed by atoms with van der Waals surface area (Å²) in [6.07, 6.45) is 1.70. The van der Waals surface area contributed by atoms with E-state index >= 15 is 0 Å². The molecule has 0 spiro atoms. The summed E-state index contributed by atoms with van der Waals surface area (Å²) in [6.45, 7) is 5.15. The maximum atomic E-state index is 12.1. The fourth-order valence-corrected chi connectivity index (χ4v) is 1.92. The van der Waals surface area contributed by atoms with Crippen LogP contribution in [-0.4, -0.2) is 46.3 Å². The van der Waals surface area contributed by atoms with Crippen LogP contribution in [-0.2, 0) is 4.74 Å². The molecule has 1 saturated heterocycles. The normalized spacial score (nSPS) is 25.5. The highest BCUT2D eigenvalue weighted by molar-refractivity contribution is 5.92. The number of ether oxygens (including phenoxy) is 1. The van der Waals surface area contributed by atoms with Gasteiger partial charge in [-0.3, -0.25) is 4.79 Å². The van der Waals surface area contributed by atoms with Crippen LogP contribution in [0, 0.1) is 0 Å². The predicted molar refractivity (Wildman–Crippen MR) is 57.9 cm³/mol. The molecule has 1 amide bonds. The van der Waals surface area contributed by atoms with Crippen LogP contribution >= 0.6 is 0 Å². The van der Waals surface area contributed by atoms with Crippen molar-refractivity contribution >= 4 is 5.91 Å². The molecule has 0 aromatic carbocycles. The van der Waals surface area contributed by atoms with Crippen molar-refractivity contribution in [2.45, 2.75) is 26.1 Å². The van der Waals surface area contributed by atoms with Crippen molar-refractivity contribution in [2.24, 2.45) is 0 Å². The zero-order valence-corrected chi connectivity index (χ0v) is 9.46. The maximum Gasteiger partial charge on any atom is 0.274 e. The highest BCUT2D eigenvalue weighted by atomic mass is 16.5. The predicted octanol–water partition coefficient (Wildman–Crippen LogP) is 0.726. The summed E-state index contributed by atoms with van der Waals surface area (Å²) in [4.78, 5) is 13.8. The average molecular weight is 221 g/mol. The molecule has 0 radical (unpaired) electrons. The van der Waals surface area contributed by atoms with Gasteiger partial charge in [0, 0.05) is 19.3 Å². The number of hydrogen-bond donors (Lipinski definition) is 0. The lowest BCUT2D eigenvalue weighted by Crippen LogP contribution is -2.48. The summed E-state index contributed by atoms with van der Waals surface area (Å²) in [5.74, 6) is -0.0740. The van der Waals surface area contributed by atoms with Crippen molar-refractivity contribution in [1.82, 2.24) is 15.1 Å². The molecule has 0 bridgehead atoms. The van der Waals surface area contributed by atoms with E-state index in [1.807, 2.05) is 13.8 Å². The first-order valence-electron chi connectivity index (χ1n) is 5.39. The number of nitrogens with zero attached hydrogens (tertiary/aromatic N) is 3. The van der Waals surface area contributed by atoms with E-state index in [4.69, 9.17) is 4.74 Å². The molecule has 2 rings (SSSR count). The Labute approximate surface area is 94.4 Å². The van der Waals surface area contributed by atoms with Crippen molar-refractivity contribution in [3.63, 3.8) is 0 Å². The summed E-state index contributed by atoms with van der Waals surface area (Å²) in [5, 5.41) is 7.53. The summed E-state index contributed by atoms with van der Waals surface area (Å²) in [7, 11) is 0. The second kappa shape index (κ2) is 4.57. The molecule has 16 heavy (non-hydrogen) atoms. The molecule has 1 aromatic heterocycles. The summed E-state index contributed by atoms with van der Waals surface area (Å²) in [6, 6.07) is 3.40. The lowest BCUT2D eigenvalue weighted by atomic mass is 10.2. The first-order chi connectivity index (χ1) is 7.66. The zero-order valence-electron chi connectivity index (χ0n) is 9.46. The number of hydrogen-bond acceptors (Lipinski definition) is 4. The molecule has 5 nitrogen and oxygen atoms in total. The largest absolute Gasteiger partial charge is 0.372 e. The van der Waals surface area contributed by atoms with Gasteiger partial charge in [0.2, 0.25) is 0 Å². The van der Waals surface area contributed by atoms with Crippen LogP contribution in [0.4, 0.5) is 0 Å². The van der Waals surface area contributed by atoms with E-state index in [1.54, 1.807) is 23.2 Å². The van der Waals surface area contributed by atoms with E-state index in [-0.39, 0.29) is 18.1 Å². The molecule has 1 aliphatic heterocycles. The Balaban J connectivity index is 2.10. The summed E-state index contributed by atoms with van der Waals surface area (Å²) >= 11 is 0. The number of amides is 1. The SMILES string of the molecule is C[C@@H]1CN(C(=O)c2cccnn2)C[C@H](C)O1. The van der Waals surface area contributed by atoms with Crippen molar-refractivity contribution in [2.75, 3.05) is 13.1 Å². The Morgan fingerprint density at radius 2 is 2.12 bits per heavy atom. The van der Waals surface area contributed by atoms with E-state index < -0.39 is 0 Å². The van der Waals surface area contributed by atoms with Crippen LogP contribution < -0.4 is 0 Å². The monoisotopic (exact) mass is 221 g/mol. The van der Waals surface area contributed by atoms with Gasteiger partial charge in [-0.05, 0) is 26.0 Å². The Bertz CT molecular complexity index is 359. The fourth-order valence-electron chi connectivity index (χ4n) is 1.92. The van der Waals surface area contributed by atoms with Crippen LogP contribution in [0.5, 0.6) is 0 Å². The standard InChI is InChI=1S/C11H15N3O2/c1-8-6-14(7-9(2)16-8)11(15)10-4-3-5-12-13-10/h3-5,8-9H,6-7H2,1-2H3/t8-,9+. The van der Waals surface area contributed by atoms with Crippen LogP contribution in [0.3, 0.4) is 0 Å². The number of carbonyl (C=O) groups excluding carboxylic acids is 1. The number of rotatable bonds is 1. The van der Waals surface area contributed by atoms with Crippen LogP contribution in [0.25, 0.3) is 0 Å². The number of morpholine rings is 1. The van der Waals surface area contributed by atoms with Gasteiger partial charge >= 0.3 is 0 Å². The maximum absolute atomic E-state index is 12.1. The lowest BCUT2D eigenvalue weighted by Gasteiger charge is -2.34. The molecule has 86 valence electrons. The Morgan fingerprint density at radius 3 is 2.69 bits per heavy atom. The molecule has 5 heteroatoms. The zero-order chi connectivity index (χ0) is 11.5. The molecule has 1 aromatic rings. The highest BCUT2D eigenvalue weighted by Crippen LogP contribution is 2.12. The lowest BCUT2D eigenvalue weighted by molar-refractivity contribution is -0.0587. The molecule has 2 heterocycles. The van der Waals surface area contributed by atoms with E-state index in [1.165, 1.54) is 0 Å². The molecular weight excluding hydrogens is 206 g/mol. The second-order valence-corrected chi connectivity index (χ2v) is 4.08. The number of aromatic nitrogens is 2. The van der Waals surface area contributed by atoms with Crippen LogP contribution in [0.1, 0.15) is 24.3 Å². The average Bonchev–Trinajstić information content (AvgIpc) is 2.28. The minimum Gasteiger partial charge on any atom is -0.372 e. The van der Waals surface area contributed by atoms with Crippen molar-refractivity contribution in [3.8, 4) is 0 Å². The fraction of sp³-hybridized carbons (Fsp3) is 0.545. The third-order valence-corrected chi connectivity index (χ3v) is 2.50. The van der Waals surface area contributed by atoms with Gasteiger partial charge in [-0.1, -0.05) is 0 Å². The van der Waals surface area contributed by atoms with E-state index in [9.17, 15) is 4.79 Å². The van der Waals surface area contributed by atoms with Crippen molar-refractivity contribution < 1.29 is 9.53 Å². The smallest absolute Gasteiger partial charge is 0.274 e. The van der Waals surface area contributed by atoms with Gasteiger partial charge < -0.3 is 9.64 Å². The molecule has 1 fully saturated rings. The minimum atomic E-state index is -0.0740. The first-order valence-corrected chi connectivity index (χ1v) is 5.39. The van der Waals surface area contributed by atoms with Gasteiger partial charge in [0.05, 0.1) is 12.2 Å². The van der Waals surface area contributed by atoms with Crippen LogP contribution in [0.2, 0.25) is 0 Å². The molecule has 0 saturated carbocycles. The molecular formula is C11H15N3O2. The molecule has 0 N–H and O–H groups in total. The van der Waals surface area contributed by atoms with E-state index in [2.05, 4.69) is 10.2 Å². The Hall–Kier alpha value is -1.49. The second-order valence-electron chi connectivity index (χ2n) is 4.08. The first kappa shape index (κ1) is 11.0. The molecule has 1 aliphatic rings. The van der Waals surface area contributed by atoms with Gasteiger partial charge in [0.1, 0.15) is 0 Å². The Morgan fingerprint density at radius 1 is 1.44 bits per heavy atom. The topological polar surface area (TPSA) is 55.3 Å². The van der Waals surface area contributed by atoms with Gasteiger partial charge in [0.15, 0.2) is 5.69 Å². The third kappa shape index (κ3) is 2.36. The van der Waals surface area contributed by atoms with Gasteiger partial charge in [0.25, 0.3) is 5.91 Å². The van der Waals surface area contributed by atoms with E-state index in [0.717, 1.165) is 0 Å². The van der Waals surface area contributed by atoms with Gasteiger partial charge in [-0.15, -0.1) is 5.10 Å². The molecule has 0 aliphatic carbocycles.